The van der Waals surface area contributed by atoms with E-state index in [1.807, 2.05) is 26.8 Å². The molecule has 1 aromatic carbocycles. The Hall–Kier alpha value is -1.97. The van der Waals surface area contributed by atoms with Crippen molar-refractivity contribution in [2.24, 2.45) is 0 Å². The molecule has 0 amide bonds. The molecule has 0 saturated carbocycles. The topological polar surface area (TPSA) is 45.8 Å². The largest absolute Gasteiger partial charge is 0.310 e. The van der Waals surface area contributed by atoms with Crippen LogP contribution < -0.4 is 5.56 Å². The normalized spacial score (nSPS) is 10.8. The zero-order chi connectivity index (χ0) is 14.2. The molecule has 0 aliphatic rings. The number of hydrogen-bond donors (Lipinski definition) is 1. The van der Waals surface area contributed by atoms with Crippen LogP contribution in [0.5, 0.6) is 0 Å². The summed E-state index contributed by atoms with van der Waals surface area (Å²) in [6.07, 6.45) is 0.606. The van der Waals surface area contributed by atoms with Crippen molar-refractivity contribution in [2.75, 3.05) is 0 Å². The van der Waals surface area contributed by atoms with E-state index in [9.17, 15) is 9.18 Å². The van der Waals surface area contributed by atoms with Crippen LogP contribution in [0.3, 0.4) is 0 Å². The van der Waals surface area contributed by atoms with E-state index >= 15 is 0 Å². The summed E-state index contributed by atoms with van der Waals surface area (Å²) in [7, 11) is 0. The maximum absolute atomic E-state index is 14.2. The molecule has 0 unspecified atom stereocenters. The summed E-state index contributed by atoms with van der Waals surface area (Å²) in [5, 5.41) is 0. The molecule has 0 aliphatic carbocycles. The predicted molar refractivity (Wildman–Crippen MR) is 73.8 cm³/mol. The third-order valence-electron chi connectivity index (χ3n) is 3.20. The van der Waals surface area contributed by atoms with Crippen molar-refractivity contribution in [2.45, 2.75) is 34.1 Å². The first kappa shape index (κ1) is 13.5. The minimum absolute atomic E-state index is 0.207. The van der Waals surface area contributed by atoms with Crippen molar-refractivity contribution in [1.82, 2.24) is 9.97 Å². The monoisotopic (exact) mass is 260 g/mol. The molecular weight excluding hydrogens is 243 g/mol. The van der Waals surface area contributed by atoms with Crippen molar-refractivity contribution < 1.29 is 4.39 Å². The molecule has 0 atom stereocenters. The average molecular weight is 260 g/mol. The first-order chi connectivity index (χ1) is 8.93. The summed E-state index contributed by atoms with van der Waals surface area (Å²) in [5.74, 6) is 0.241. The standard InChI is InChI=1S/C15H17FN2O/c1-5-12-17-14(10(4)15(19)18-12)13-9(3)6-8(2)7-11(13)16/h6-7H,5H2,1-4H3,(H,17,18,19). The number of rotatable bonds is 2. The van der Waals surface area contributed by atoms with Gasteiger partial charge >= 0.3 is 0 Å². The summed E-state index contributed by atoms with van der Waals surface area (Å²) in [6.45, 7) is 7.24. The number of H-pyrrole nitrogens is 1. The highest BCUT2D eigenvalue weighted by Gasteiger charge is 2.16. The van der Waals surface area contributed by atoms with Gasteiger partial charge in [0.2, 0.25) is 0 Å². The number of nitrogens with one attached hydrogen (secondary N) is 1. The Morgan fingerprint density at radius 1 is 1.26 bits per heavy atom. The van der Waals surface area contributed by atoms with Gasteiger partial charge in [0.05, 0.1) is 5.69 Å². The lowest BCUT2D eigenvalue weighted by molar-refractivity contribution is 0.628. The molecule has 0 saturated heterocycles. The average Bonchev–Trinajstić information content (AvgIpc) is 2.32. The molecular formula is C15H17FN2O. The fourth-order valence-electron chi connectivity index (χ4n) is 2.21. The number of aryl methyl sites for hydroxylation is 3. The number of aromatic nitrogens is 2. The Bertz CT molecular complexity index is 666. The van der Waals surface area contributed by atoms with Crippen molar-refractivity contribution in [1.29, 1.82) is 0 Å². The zero-order valence-electron chi connectivity index (χ0n) is 11.6. The SMILES string of the molecule is CCc1nc(-c2c(C)cc(C)cc2F)c(C)c(=O)[nH]1. The number of halogens is 1. The molecule has 4 heteroatoms. The number of nitrogens with zero attached hydrogens (tertiary/aromatic N) is 1. The van der Waals surface area contributed by atoms with Crippen LogP contribution in [0.4, 0.5) is 4.39 Å². The van der Waals surface area contributed by atoms with Crippen LogP contribution in [0, 0.1) is 26.6 Å². The van der Waals surface area contributed by atoms with Gasteiger partial charge < -0.3 is 4.98 Å². The van der Waals surface area contributed by atoms with E-state index in [1.54, 1.807) is 6.92 Å². The van der Waals surface area contributed by atoms with Crippen LogP contribution >= 0.6 is 0 Å². The summed E-state index contributed by atoms with van der Waals surface area (Å²) < 4.78 is 14.2. The van der Waals surface area contributed by atoms with Gasteiger partial charge in [-0.05, 0) is 38.0 Å². The van der Waals surface area contributed by atoms with Crippen LogP contribution in [0.25, 0.3) is 11.3 Å². The molecule has 1 N–H and O–H groups in total. The molecule has 19 heavy (non-hydrogen) atoms. The van der Waals surface area contributed by atoms with Gasteiger partial charge in [-0.15, -0.1) is 0 Å². The Kier molecular flexibility index (Phi) is 3.51. The Balaban J connectivity index is 2.79. The van der Waals surface area contributed by atoms with Crippen molar-refractivity contribution in [3.8, 4) is 11.3 Å². The minimum Gasteiger partial charge on any atom is -0.310 e. The van der Waals surface area contributed by atoms with E-state index in [4.69, 9.17) is 0 Å². The molecule has 0 fully saturated rings. The molecule has 2 rings (SSSR count). The summed E-state index contributed by atoms with van der Waals surface area (Å²) >= 11 is 0. The van der Waals surface area contributed by atoms with Crippen LogP contribution in [0.2, 0.25) is 0 Å². The van der Waals surface area contributed by atoms with Gasteiger partial charge in [-0.3, -0.25) is 4.79 Å². The van der Waals surface area contributed by atoms with Crippen LogP contribution in [-0.4, -0.2) is 9.97 Å². The third kappa shape index (κ3) is 2.43. The van der Waals surface area contributed by atoms with E-state index in [0.29, 0.717) is 29.1 Å². The molecule has 1 heterocycles. The lowest BCUT2D eigenvalue weighted by Crippen LogP contribution is -2.16. The molecule has 0 spiro atoms. The van der Waals surface area contributed by atoms with E-state index in [2.05, 4.69) is 9.97 Å². The highest BCUT2D eigenvalue weighted by Crippen LogP contribution is 2.27. The van der Waals surface area contributed by atoms with Crippen molar-refractivity contribution in [3.63, 3.8) is 0 Å². The summed E-state index contributed by atoms with van der Waals surface area (Å²) in [4.78, 5) is 18.9. The maximum Gasteiger partial charge on any atom is 0.254 e. The van der Waals surface area contributed by atoms with E-state index in [1.165, 1.54) is 6.07 Å². The molecule has 2 aromatic rings. The van der Waals surface area contributed by atoms with Crippen molar-refractivity contribution in [3.05, 3.63) is 50.8 Å². The number of benzene rings is 1. The highest BCUT2D eigenvalue weighted by molar-refractivity contribution is 5.67. The van der Waals surface area contributed by atoms with Gasteiger partial charge in [0.15, 0.2) is 0 Å². The van der Waals surface area contributed by atoms with Gasteiger partial charge in [-0.1, -0.05) is 13.0 Å². The Morgan fingerprint density at radius 3 is 2.53 bits per heavy atom. The number of hydrogen-bond acceptors (Lipinski definition) is 2. The van der Waals surface area contributed by atoms with E-state index in [-0.39, 0.29) is 11.4 Å². The summed E-state index contributed by atoms with van der Waals surface area (Å²) in [5.41, 5.74) is 2.75. The molecule has 1 aromatic heterocycles. The zero-order valence-corrected chi connectivity index (χ0v) is 11.6. The fraction of sp³-hybridized carbons (Fsp3) is 0.333. The first-order valence-electron chi connectivity index (χ1n) is 6.31. The second kappa shape index (κ2) is 4.96. The lowest BCUT2D eigenvalue weighted by atomic mass is 9.99. The van der Waals surface area contributed by atoms with E-state index in [0.717, 1.165) is 11.1 Å². The van der Waals surface area contributed by atoms with Gasteiger partial charge in [-0.25, -0.2) is 9.37 Å². The lowest BCUT2D eigenvalue weighted by Gasteiger charge is -2.11. The van der Waals surface area contributed by atoms with Gasteiger partial charge in [-0.2, -0.15) is 0 Å². The van der Waals surface area contributed by atoms with E-state index < -0.39 is 0 Å². The van der Waals surface area contributed by atoms with Crippen LogP contribution in [0.1, 0.15) is 29.4 Å². The molecule has 3 nitrogen and oxygen atoms in total. The van der Waals surface area contributed by atoms with Crippen LogP contribution in [-0.2, 0) is 6.42 Å². The molecule has 0 bridgehead atoms. The highest BCUT2D eigenvalue weighted by atomic mass is 19.1. The van der Waals surface area contributed by atoms with Gasteiger partial charge in [0, 0.05) is 17.5 Å². The molecule has 100 valence electrons. The summed E-state index contributed by atoms with van der Waals surface area (Å²) in [6, 6.07) is 3.36. The second-order valence-corrected chi connectivity index (χ2v) is 4.78. The molecule has 0 radical (unpaired) electrons. The van der Waals surface area contributed by atoms with Crippen LogP contribution in [0.15, 0.2) is 16.9 Å². The van der Waals surface area contributed by atoms with Crippen molar-refractivity contribution >= 4 is 0 Å². The smallest absolute Gasteiger partial charge is 0.254 e. The third-order valence-corrected chi connectivity index (χ3v) is 3.20. The van der Waals surface area contributed by atoms with Gasteiger partial charge in [0.25, 0.3) is 5.56 Å². The predicted octanol–water partition coefficient (Wildman–Crippen LogP) is 3.06. The quantitative estimate of drug-likeness (QED) is 0.902. The fourth-order valence-corrected chi connectivity index (χ4v) is 2.21. The Labute approximate surface area is 111 Å². The Morgan fingerprint density at radius 2 is 1.95 bits per heavy atom. The van der Waals surface area contributed by atoms with Gasteiger partial charge in [0.1, 0.15) is 11.6 Å². The maximum atomic E-state index is 14.2. The minimum atomic E-state index is -0.333. The number of aromatic amines is 1. The molecule has 0 aliphatic heterocycles. The second-order valence-electron chi connectivity index (χ2n) is 4.78. The first-order valence-corrected chi connectivity index (χ1v) is 6.31.